The highest BCUT2D eigenvalue weighted by Crippen LogP contribution is 2.68. The zero-order valence-electron chi connectivity index (χ0n) is 39.9. The number of oxime groups is 2. The van der Waals surface area contributed by atoms with E-state index < -0.39 is 24.0 Å². The van der Waals surface area contributed by atoms with E-state index in [1.54, 1.807) is 13.8 Å². The smallest absolute Gasteiger partial charge is 0.318 e. The predicted octanol–water partition coefficient (Wildman–Crippen LogP) is 10.1. The first-order chi connectivity index (χ1) is 29.2. The molecule has 0 radical (unpaired) electrons. The van der Waals surface area contributed by atoms with Gasteiger partial charge in [-0.3, -0.25) is 9.59 Å². The predicted molar refractivity (Wildman–Crippen MR) is 244 cm³/mol. The summed E-state index contributed by atoms with van der Waals surface area (Å²) in [5.74, 6) is 4.70. The van der Waals surface area contributed by atoms with Crippen molar-refractivity contribution in [3.63, 3.8) is 0 Å². The summed E-state index contributed by atoms with van der Waals surface area (Å²) in [6.45, 7) is 20.9. The molecule has 0 unspecified atom stereocenters. The fourth-order valence-corrected chi connectivity index (χ4v) is 15.5. The molecule has 8 rings (SSSR count). The molecule has 0 aliphatic heterocycles. The van der Waals surface area contributed by atoms with Crippen LogP contribution in [0.5, 0.6) is 0 Å². The lowest BCUT2D eigenvalue weighted by Crippen LogP contribution is -2.51. The van der Waals surface area contributed by atoms with Gasteiger partial charge in [0.1, 0.15) is 23.7 Å². The molecule has 10 heteroatoms. The van der Waals surface area contributed by atoms with Gasteiger partial charge < -0.3 is 21.1 Å². The van der Waals surface area contributed by atoms with Crippen LogP contribution in [0.3, 0.4) is 0 Å². The van der Waals surface area contributed by atoms with Crippen LogP contribution in [-0.2, 0) is 28.9 Å². The zero-order valence-corrected chi connectivity index (χ0v) is 39.9. The van der Waals surface area contributed by atoms with Gasteiger partial charge in [-0.15, -0.1) is 0 Å². The first-order valence-electron chi connectivity index (χ1n) is 24.6. The molecule has 0 aromatic rings. The quantitative estimate of drug-likeness (QED) is 0.180. The molecule has 4 N–H and O–H groups in total. The molecule has 10 nitrogen and oxygen atoms in total. The lowest BCUT2D eigenvalue weighted by atomic mass is 9.46. The summed E-state index contributed by atoms with van der Waals surface area (Å²) in [5, 5.41) is 8.36. The minimum atomic E-state index is -0.636. The molecule has 0 heterocycles. The number of Topliss-reactive ketones (excluding diaryl/α,β-unsaturated/α-hetero) is 2. The van der Waals surface area contributed by atoms with Gasteiger partial charge in [0.15, 0.2) is 0 Å². The Morgan fingerprint density at radius 2 is 0.919 bits per heavy atom. The number of allylic oxidation sites excluding steroid dienone is 4. The van der Waals surface area contributed by atoms with Crippen LogP contribution in [0.4, 0.5) is 0 Å². The molecule has 344 valence electrons. The van der Waals surface area contributed by atoms with E-state index in [1.807, 2.05) is 27.7 Å². The van der Waals surface area contributed by atoms with Crippen molar-refractivity contribution in [2.45, 2.75) is 184 Å². The SMILES string of the molecule is CC(=O)[C@H]1CC[C@H]2[C@@H]3CCC4=C/C(=N/OC(=O)[C@@H](N)C(C)C)CC[C@]4(C)[C@H]3CC[C@]12C.CC(=O)[C@H]1CC[C@H]2[C@@H]3CCC4=C/C(=N\OC(=O)[C@@H](N)C(C)C)CC[C@]4(C)[C@H]3CC[C@]12C. The summed E-state index contributed by atoms with van der Waals surface area (Å²) >= 11 is 0. The summed E-state index contributed by atoms with van der Waals surface area (Å²) < 4.78 is 0. The molecule has 0 spiro atoms. The Hall–Kier alpha value is -2.98. The zero-order chi connectivity index (χ0) is 45.1. The second kappa shape index (κ2) is 17.8. The summed E-state index contributed by atoms with van der Waals surface area (Å²) in [7, 11) is 0. The van der Waals surface area contributed by atoms with Crippen molar-refractivity contribution in [3.8, 4) is 0 Å². The Balaban J connectivity index is 0.000000186. The summed E-state index contributed by atoms with van der Waals surface area (Å²) in [4.78, 5) is 59.1. The van der Waals surface area contributed by atoms with Gasteiger partial charge in [0.05, 0.1) is 11.4 Å². The number of nitrogens with zero attached hydrogens (tertiary/aromatic N) is 2. The summed E-state index contributed by atoms with van der Waals surface area (Å²) in [6, 6.07) is -1.27. The molecule has 0 aromatic heterocycles. The maximum absolute atomic E-state index is 12.3. The van der Waals surface area contributed by atoms with E-state index in [4.69, 9.17) is 21.1 Å². The minimum Gasteiger partial charge on any atom is -0.318 e. The molecule has 0 amide bonds. The largest absolute Gasteiger partial charge is 0.351 e. The molecule has 0 bridgehead atoms. The topological polar surface area (TPSA) is 164 Å². The molecular weight excluding hydrogens is 777 g/mol. The monoisotopic (exact) mass is 857 g/mol. The van der Waals surface area contributed by atoms with Gasteiger partial charge >= 0.3 is 11.9 Å². The third-order valence-corrected chi connectivity index (χ3v) is 19.4. The fraction of sp³-hybridized carbons (Fsp3) is 0.808. The molecule has 0 saturated heterocycles. The number of ketones is 2. The van der Waals surface area contributed by atoms with Crippen molar-refractivity contribution in [2.24, 2.45) is 103 Å². The third-order valence-electron chi connectivity index (χ3n) is 19.4. The molecule has 14 atom stereocenters. The lowest BCUT2D eigenvalue weighted by molar-refractivity contribution is -0.147. The first kappa shape index (κ1) is 47.0. The van der Waals surface area contributed by atoms with E-state index in [0.29, 0.717) is 35.2 Å². The Labute approximate surface area is 372 Å². The number of nitrogens with two attached hydrogens (primary N) is 2. The van der Waals surface area contributed by atoms with Crippen molar-refractivity contribution in [1.82, 2.24) is 0 Å². The summed E-state index contributed by atoms with van der Waals surface area (Å²) in [5.41, 5.74) is 17.3. The van der Waals surface area contributed by atoms with Crippen molar-refractivity contribution in [2.75, 3.05) is 0 Å². The highest BCUT2D eigenvalue weighted by atomic mass is 16.7. The average Bonchev–Trinajstić information content (AvgIpc) is 3.78. The Morgan fingerprint density at radius 3 is 1.26 bits per heavy atom. The fourth-order valence-electron chi connectivity index (χ4n) is 15.5. The van der Waals surface area contributed by atoms with Gasteiger partial charge in [-0.2, -0.15) is 0 Å². The molecule has 8 aliphatic rings. The highest BCUT2D eigenvalue weighted by molar-refractivity contribution is 5.97. The van der Waals surface area contributed by atoms with Crippen LogP contribution in [0.25, 0.3) is 0 Å². The number of carbonyl (C=O) groups excluding carboxylic acids is 4. The number of hydrogen-bond acceptors (Lipinski definition) is 10. The van der Waals surface area contributed by atoms with Gasteiger partial charge in [-0.25, -0.2) is 9.59 Å². The third kappa shape index (κ3) is 8.28. The van der Waals surface area contributed by atoms with E-state index in [0.717, 1.165) is 74.6 Å². The molecule has 6 saturated carbocycles. The van der Waals surface area contributed by atoms with Crippen molar-refractivity contribution in [3.05, 3.63) is 23.3 Å². The Morgan fingerprint density at radius 1 is 0.548 bits per heavy atom. The first-order valence-corrected chi connectivity index (χ1v) is 24.6. The normalized spacial score (nSPS) is 41.8. The van der Waals surface area contributed by atoms with E-state index in [1.165, 1.54) is 62.5 Å². The number of fused-ring (bicyclic) bond motifs is 10. The Kier molecular flexibility index (Phi) is 13.5. The van der Waals surface area contributed by atoms with Crippen molar-refractivity contribution >= 4 is 34.9 Å². The van der Waals surface area contributed by atoms with Gasteiger partial charge in [0.25, 0.3) is 0 Å². The second-order valence-electron chi connectivity index (χ2n) is 23.1. The van der Waals surface area contributed by atoms with Crippen LogP contribution in [0.15, 0.2) is 33.6 Å². The molecule has 62 heavy (non-hydrogen) atoms. The highest BCUT2D eigenvalue weighted by Gasteiger charge is 2.61. The van der Waals surface area contributed by atoms with Gasteiger partial charge in [-0.1, -0.05) is 76.8 Å². The van der Waals surface area contributed by atoms with Crippen molar-refractivity contribution < 1.29 is 28.9 Å². The van der Waals surface area contributed by atoms with Crippen molar-refractivity contribution in [1.29, 1.82) is 0 Å². The van der Waals surface area contributed by atoms with Gasteiger partial charge in [-0.05, 0) is 198 Å². The molecule has 8 aliphatic carbocycles. The van der Waals surface area contributed by atoms with E-state index in [9.17, 15) is 19.2 Å². The number of carbonyl (C=O) groups is 4. The van der Waals surface area contributed by atoms with Crippen LogP contribution >= 0.6 is 0 Å². The molecule has 6 fully saturated rings. The maximum atomic E-state index is 12.3. The Bertz CT molecular complexity index is 1760. The van der Waals surface area contributed by atoms with E-state index in [-0.39, 0.29) is 45.3 Å². The van der Waals surface area contributed by atoms with Crippen LogP contribution < -0.4 is 11.5 Å². The van der Waals surface area contributed by atoms with Crippen LogP contribution in [0, 0.1) is 80.8 Å². The molecule has 0 aromatic carbocycles. The van der Waals surface area contributed by atoms with Crippen LogP contribution in [0.1, 0.15) is 172 Å². The number of rotatable bonds is 8. The number of hydrogen-bond donors (Lipinski definition) is 2. The minimum absolute atomic E-state index is 0.0335. The summed E-state index contributed by atoms with van der Waals surface area (Å²) in [6.07, 6.45) is 22.2. The lowest BCUT2D eigenvalue weighted by Gasteiger charge is -2.58. The van der Waals surface area contributed by atoms with Gasteiger partial charge in [0.2, 0.25) is 0 Å². The second-order valence-corrected chi connectivity index (χ2v) is 23.1. The standard InChI is InChI=1S/2C26H40N2O3/c2*1-15(2)23(27)24(30)31-28-18-10-12-25(4)17(14-18)6-7-19-21-9-8-20(16(3)29)26(21,5)13-11-22(19)25/h2*14-15,19-23H,6-13,27H2,1-5H3/b28-18+;28-18-/t2*19-,20+,21-,22-,23-,25-,26+/m00/s1. The van der Waals surface area contributed by atoms with Crippen LogP contribution in [-0.4, -0.2) is 47.0 Å². The van der Waals surface area contributed by atoms with Gasteiger partial charge in [0, 0.05) is 11.8 Å². The van der Waals surface area contributed by atoms with E-state index >= 15 is 0 Å². The van der Waals surface area contributed by atoms with Crippen LogP contribution in [0.2, 0.25) is 0 Å². The maximum Gasteiger partial charge on any atom is 0.351 e. The average molecular weight is 857 g/mol. The molecular formula is C52H80N4O6. The van der Waals surface area contributed by atoms with E-state index in [2.05, 4.69) is 50.2 Å².